The highest BCUT2D eigenvalue weighted by Crippen LogP contribution is 2.28. The van der Waals surface area contributed by atoms with Crippen molar-refractivity contribution < 1.29 is 14.8 Å². The van der Waals surface area contributed by atoms with E-state index < -0.39 is 9.75 Å². The topological polar surface area (TPSA) is 92.5 Å². The fourth-order valence-corrected chi connectivity index (χ4v) is 1.09. The van der Waals surface area contributed by atoms with E-state index in [-0.39, 0.29) is 23.0 Å². The number of phenols is 1. The molecule has 0 spiro atoms. The number of amides is 1. The van der Waals surface area contributed by atoms with Crippen molar-refractivity contribution in [2.24, 2.45) is 0 Å². The molecule has 0 fully saturated rings. The average Bonchev–Trinajstić information content (AvgIpc) is 2.20. The Morgan fingerprint density at radius 3 is 2.69 bits per heavy atom. The van der Waals surface area contributed by atoms with Crippen molar-refractivity contribution in [1.29, 1.82) is 0 Å². The van der Waals surface area contributed by atoms with Gasteiger partial charge in [-0.1, -0.05) is 15.9 Å². The number of rotatable bonds is 3. The number of anilines is 1. The number of non-ortho nitro benzene ring substituents is 1. The van der Waals surface area contributed by atoms with Crippen molar-refractivity contribution in [3.63, 3.8) is 0 Å². The lowest BCUT2D eigenvalue weighted by Crippen LogP contribution is -2.19. The minimum absolute atomic E-state index is 0.141. The first-order valence-corrected chi connectivity index (χ1v) is 5.25. The molecule has 1 amide bonds. The molecule has 0 saturated carbocycles. The molecule has 6 nitrogen and oxygen atoms in total. The number of nitrogens with zero attached hydrogens (tertiary/aromatic N) is 1. The summed E-state index contributed by atoms with van der Waals surface area (Å²) in [5, 5.41) is 22.2. The maximum absolute atomic E-state index is 11.3. The molecule has 1 aromatic rings. The van der Waals surface area contributed by atoms with Crippen LogP contribution in [0, 0.1) is 10.1 Å². The molecular formula is C9H9BrN2O4. The van der Waals surface area contributed by atoms with Crippen LogP contribution in [-0.4, -0.2) is 20.8 Å². The molecule has 0 aliphatic rings. The maximum atomic E-state index is 11.3. The van der Waals surface area contributed by atoms with E-state index in [1.165, 1.54) is 12.1 Å². The number of carbonyl (C=O) groups is 1. The Balaban J connectivity index is 2.91. The molecule has 2 N–H and O–H groups in total. The Kier molecular flexibility index (Phi) is 3.83. The third kappa shape index (κ3) is 2.93. The zero-order chi connectivity index (χ0) is 12.3. The first-order valence-electron chi connectivity index (χ1n) is 4.34. The first kappa shape index (κ1) is 12.4. The van der Waals surface area contributed by atoms with E-state index >= 15 is 0 Å². The van der Waals surface area contributed by atoms with Gasteiger partial charge in [0.2, 0.25) is 5.91 Å². The first-order chi connectivity index (χ1) is 7.41. The van der Waals surface area contributed by atoms with Gasteiger partial charge >= 0.3 is 0 Å². The highest BCUT2D eigenvalue weighted by atomic mass is 79.9. The van der Waals surface area contributed by atoms with Crippen LogP contribution in [-0.2, 0) is 4.79 Å². The number of nitro groups is 1. The molecule has 0 saturated heterocycles. The number of nitrogens with one attached hydrogen (secondary N) is 1. The minimum Gasteiger partial charge on any atom is -0.506 e. The second kappa shape index (κ2) is 4.93. The van der Waals surface area contributed by atoms with E-state index in [4.69, 9.17) is 0 Å². The second-order valence-electron chi connectivity index (χ2n) is 3.06. The summed E-state index contributed by atoms with van der Waals surface area (Å²) in [4.78, 5) is 20.6. The Labute approximate surface area is 99.6 Å². The molecule has 0 aliphatic carbocycles. The van der Waals surface area contributed by atoms with Crippen LogP contribution in [0.2, 0.25) is 0 Å². The normalized spacial score (nSPS) is 11.9. The number of benzene rings is 1. The van der Waals surface area contributed by atoms with Gasteiger partial charge in [0.1, 0.15) is 5.75 Å². The summed E-state index contributed by atoms with van der Waals surface area (Å²) in [6.07, 6.45) is 0. The van der Waals surface area contributed by atoms with Gasteiger partial charge in [-0.2, -0.15) is 0 Å². The Morgan fingerprint density at radius 1 is 1.62 bits per heavy atom. The van der Waals surface area contributed by atoms with Gasteiger partial charge in [-0.25, -0.2) is 0 Å². The molecule has 0 heterocycles. The van der Waals surface area contributed by atoms with Gasteiger partial charge in [-0.15, -0.1) is 0 Å². The standard InChI is InChI=1S/C9H9BrN2O4/c1-5(10)9(14)11-7-3-2-6(12(15)16)4-8(7)13/h2-5,13H,1H3,(H,11,14). The summed E-state index contributed by atoms with van der Waals surface area (Å²) < 4.78 is 0. The predicted octanol–water partition coefficient (Wildman–Crippen LogP) is 2.02. The average molecular weight is 289 g/mol. The van der Waals surface area contributed by atoms with Gasteiger partial charge in [-0.05, 0) is 13.0 Å². The number of nitro benzene ring substituents is 1. The highest BCUT2D eigenvalue weighted by Gasteiger charge is 2.14. The zero-order valence-corrected chi connectivity index (χ0v) is 9.89. The molecule has 0 radical (unpaired) electrons. The monoisotopic (exact) mass is 288 g/mol. The number of phenolic OH excluding ortho intramolecular Hbond substituents is 1. The number of carbonyl (C=O) groups excluding carboxylic acids is 1. The summed E-state index contributed by atoms with van der Waals surface area (Å²) in [5.74, 6) is -0.681. The van der Waals surface area contributed by atoms with Crippen LogP contribution in [0.4, 0.5) is 11.4 Å². The molecule has 0 aromatic heterocycles. The van der Waals surface area contributed by atoms with E-state index in [9.17, 15) is 20.0 Å². The Morgan fingerprint density at radius 2 is 2.25 bits per heavy atom. The third-order valence-electron chi connectivity index (χ3n) is 1.81. The molecule has 7 heteroatoms. The van der Waals surface area contributed by atoms with Gasteiger partial charge in [0.05, 0.1) is 21.5 Å². The molecular weight excluding hydrogens is 280 g/mol. The smallest absolute Gasteiger partial charge is 0.273 e. The van der Waals surface area contributed by atoms with Crippen LogP contribution in [0.15, 0.2) is 18.2 Å². The molecule has 86 valence electrons. The number of hydrogen-bond acceptors (Lipinski definition) is 4. The molecule has 1 atom stereocenters. The summed E-state index contributed by atoms with van der Waals surface area (Å²) >= 11 is 3.06. The van der Waals surface area contributed by atoms with Crippen LogP contribution < -0.4 is 5.32 Å². The maximum Gasteiger partial charge on any atom is 0.273 e. The molecule has 0 aliphatic heterocycles. The largest absolute Gasteiger partial charge is 0.506 e. The molecule has 16 heavy (non-hydrogen) atoms. The molecule has 1 unspecified atom stereocenters. The van der Waals surface area contributed by atoms with Crippen molar-refractivity contribution in [3.05, 3.63) is 28.3 Å². The van der Waals surface area contributed by atoms with E-state index in [1.54, 1.807) is 6.92 Å². The fraction of sp³-hybridized carbons (Fsp3) is 0.222. The third-order valence-corrected chi connectivity index (χ3v) is 2.23. The lowest BCUT2D eigenvalue weighted by molar-refractivity contribution is -0.384. The number of hydrogen-bond donors (Lipinski definition) is 2. The van der Waals surface area contributed by atoms with Gasteiger partial charge in [0.25, 0.3) is 5.69 Å². The number of aromatic hydroxyl groups is 1. The van der Waals surface area contributed by atoms with Gasteiger partial charge in [-0.3, -0.25) is 14.9 Å². The highest BCUT2D eigenvalue weighted by molar-refractivity contribution is 9.10. The second-order valence-corrected chi connectivity index (χ2v) is 4.44. The Bertz CT molecular complexity index is 434. The van der Waals surface area contributed by atoms with E-state index in [1.807, 2.05) is 0 Å². The van der Waals surface area contributed by atoms with Crippen molar-refractivity contribution in [1.82, 2.24) is 0 Å². The van der Waals surface area contributed by atoms with Gasteiger partial charge in [0.15, 0.2) is 0 Å². The minimum atomic E-state index is -0.627. The molecule has 1 aromatic carbocycles. The number of alkyl halides is 1. The fourth-order valence-electron chi connectivity index (χ4n) is 0.971. The van der Waals surface area contributed by atoms with Crippen LogP contribution in [0.3, 0.4) is 0 Å². The zero-order valence-electron chi connectivity index (χ0n) is 8.31. The van der Waals surface area contributed by atoms with Crippen molar-refractivity contribution in [2.45, 2.75) is 11.8 Å². The van der Waals surface area contributed by atoms with E-state index in [0.717, 1.165) is 6.07 Å². The van der Waals surface area contributed by atoms with Crippen LogP contribution in [0.5, 0.6) is 5.75 Å². The predicted molar refractivity (Wildman–Crippen MR) is 61.8 cm³/mol. The van der Waals surface area contributed by atoms with E-state index in [2.05, 4.69) is 21.2 Å². The van der Waals surface area contributed by atoms with Gasteiger partial charge in [0, 0.05) is 6.07 Å². The van der Waals surface area contributed by atoms with Crippen molar-refractivity contribution in [2.75, 3.05) is 5.32 Å². The Hall–Kier alpha value is -1.63. The van der Waals surface area contributed by atoms with Gasteiger partial charge < -0.3 is 10.4 Å². The van der Waals surface area contributed by atoms with Crippen molar-refractivity contribution >= 4 is 33.2 Å². The summed E-state index contributed by atoms with van der Waals surface area (Å²) in [6, 6.07) is 3.46. The van der Waals surface area contributed by atoms with Crippen LogP contribution in [0.1, 0.15) is 6.92 Å². The molecule has 0 bridgehead atoms. The quantitative estimate of drug-likeness (QED) is 0.385. The summed E-state index contributed by atoms with van der Waals surface area (Å²) in [6.45, 7) is 1.62. The summed E-state index contributed by atoms with van der Waals surface area (Å²) in [5.41, 5.74) is -0.0933. The van der Waals surface area contributed by atoms with Crippen LogP contribution >= 0.6 is 15.9 Å². The van der Waals surface area contributed by atoms with Crippen molar-refractivity contribution in [3.8, 4) is 5.75 Å². The summed E-state index contributed by atoms with van der Waals surface area (Å²) in [7, 11) is 0. The SMILES string of the molecule is CC(Br)C(=O)Nc1ccc([N+](=O)[O-])cc1O. The van der Waals surface area contributed by atoms with E-state index in [0.29, 0.717) is 0 Å². The van der Waals surface area contributed by atoms with Crippen LogP contribution in [0.25, 0.3) is 0 Å². The number of halogens is 1. The lowest BCUT2D eigenvalue weighted by atomic mass is 10.2. The molecule has 1 rings (SSSR count). The lowest BCUT2D eigenvalue weighted by Gasteiger charge is -2.07.